The fourth-order valence-electron chi connectivity index (χ4n) is 2.09. The minimum absolute atomic E-state index is 0.660. The Morgan fingerprint density at radius 3 is 2.88 bits per heavy atom. The number of halogens is 1. The lowest BCUT2D eigenvalue weighted by molar-refractivity contribution is -0.0425. The van der Waals surface area contributed by atoms with Crippen LogP contribution < -0.4 is 0 Å². The third-order valence-electron chi connectivity index (χ3n) is 2.96. The van der Waals surface area contributed by atoms with E-state index in [1.807, 2.05) is 29.2 Å². The van der Waals surface area contributed by atoms with E-state index in [4.69, 9.17) is 0 Å². The summed E-state index contributed by atoms with van der Waals surface area (Å²) in [6.07, 6.45) is 0. The average Bonchev–Trinajstić information content (AvgIpc) is 2.85. The SMILES string of the molecule is OC1(c2ccc(Br)cc2)CSC2=NCCN21. The van der Waals surface area contributed by atoms with Crippen LogP contribution in [0.25, 0.3) is 0 Å². The van der Waals surface area contributed by atoms with Gasteiger partial charge in [0.1, 0.15) is 0 Å². The highest BCUT2D eigenvalue weighted by Gasteiger charge is 2.46. The molecule has 1 aromatic rings. The number of aliphatic imine (C=N–C) groups is 1. The quantitative estimate of drug-likeness (QED) is 0.862. The molecule has 1 N–H and O–H groups in total. The molecule has 5 heteroatoms. The van der Waals surface area contributed by atoms with E-state index in [-0.39, 0.29) is 0 Å². The molecule has 0 aromatic heterocycles. The maximum atomic E-state index is 10.7. The summed E-state index contributed by atoms with van der Waals surface area (Å²) in [7, 11) is 0. The highest BCUT2D eigenvalue weighted by molar-refractivity contribution is 9.10. The predicted octanol–water partition coefficient (Wildman–Crippen LogP) is 2.01. The Morgan fingerprint density at radius 1 is 1.38 bits per heavy atom. The fraction of sp³-hybridized carbons (Fsp3) is 0.364. The first kappa shape index (κ1) is 10.6. The van der Waals surface area contributed by atoms with Gasteiger partial charge in [-0.05, 0) is 12.1 Å². The number of aliphatic hydroxyl groups is 1. The van der Waals surface area contributed by atoms with Crippen molar-refractivity contribution < 1.29 is 5.11 Å². The largest absolute Gasteiger partial charge is 0.366 e. The summed E-state index contributed by atoms with van der Waals surface area (Å²) in [5.41, 5.74) is 0.0658. The Bertz CT molecular complexity index is 448. The first-order valence-corrected chi connectivity index (χ1v) is 6.91. The molecule has 0 bridgehead atoms. The molecule has 3 nitrogen and oxygen atoms in total. The van der Waals surface area contributed by atoms with Gasteiger partial charge in [-0.25, -0.2) is 0 Å². The standard InChI is InChI=1S/C11H11BrN2OS/c12-9-3-1-8(2-4-9)11(15)7-16-10-13-5-6-14(10)11/h1-4,15H,5-7H2. The van der Waals surface area contributed by atoms with E-state index in [2.05, 4.69) is 20.9 Å². The van der Waals surface area contributed by atoms with Crippen LogP contribution in [0.5, 0.6) is 0 Å². The second-order valence-electron chi connectivity index (χ2n) is 3.93. The van der Waals surface area contributed by atoms with Crippen molar-refractivity contribution in [1.29, 1.82) is 0 Å². The van der Waals surface area contributed by atoms with Crippen molar-refractivity contribution in [2.75, 3.05) is 18.8 Å². The highest BCUT2D eigenvalue weighted by atomic mass is 79.9. The summed E-state index contributed by atoms with van der Waals surface area (Å²) < 4.78 is 1.03. The van der Waals surface area contributed by atoms with Gasteiger partial charge in [-0.15, -0.1) is 0 Å². The van der Waals surface area contributed by atoms with Crippen molar-refractivity contribution in [3.8, 4) is 0 Å². The van der Waals surface area contributed by atoms with E-state index in [1.165, 1.54) is 0 Å². The van der Waals surface area contributed by atoms with Crippen LogP contribution in [0.2, 0.25) is 0 Å². The molecule has 0 saturated carbocycles. The lowest BCUT2D eigenvalue weighted by atomic mass is 10.0. The number of fused-ring (bicyclic) bond motifs is 1. The zero-order valence-electron chi connectivity index (χ0n) is 8.56. The van der Waals surface area contributed by atoms with Crippen molar-refractivity contribution >= 4 is 32.9 Å². The van der Waals surface area contributed by atoms with Crippen molar-refractivity contribution in [2.45, 2.75) is 5.72 Å². The summed E-state index contributed by atoms with van der Waals surface area (Å²) in [6.45, 7) is 1.61. The minimum Gasteiger partial charge on any atom is -0.366 e. The Morgan fingerprint density at radius 2 is 2.12 bits per heavy atom. The molecule has 1 unspecified atom stereocenters. The second-order valence-corrected chi connectivity index (χ2v) is 5.79. The number of hydrogen-bond donors (Lipinski definition) is 1. The van der Waals surface area contributed by atoms with E-state index in [0.29, 0.717) is 5.75 Å². The van der Waals surface area contributed by atoms with Crippen LogP contribution in [-0.4, -0.2) is 34.0 Å². The third-order valence-corrected chi connectivity index (χ3v) is 4.64. The molecule has 0 radical (unpaired) electrons. The number of amidine groups is 1. The summed E-state index contributed by atoms with van der Waals surface area (Å²) in [5.74, 6) is 0.660. The number of hydrogen-bond acceptors (Lipinski definition) is 4. The molecule has 1 atom stereocenters. The van der Waals surface area contributed by atoms with Gasteiger partial charge in [0.2, 0.25) is 0 Å². The smallest absolute Gasteiger partial charge is 0.175 e. The lowest BCUT2D eigenvalue weighted by Crippen LogP contribution is -2.43. The molecule has 1 fully saturated rings. The zero-order valence-corrected chi connectivity index (χ0v) is 11.0. The summed E-state index contributed by atoms with van der Waals surface area (Å²) in [6, 6.07) is 7.85. The molecule has 0 aliphatic carbocycles. The van der Waals surface area contributed by atoms with Gasteiger partial charge in [0.15, 0.2) is 10.9 Å². The van der Waals surface area contributed by atoms with Crippen LogP contribution in [0.15, 0.2) is 33.7 Å². The second kappa shape index (κ2) is 3.75. The Balaban J connectivity index is 1.99. The number of rotatable bonds is 1. The highest BCUT2D eigenvalue weighted by Crippen LogP contribution is 2.40. The zero-order chi connectivity index (χ0) is 11.2. The van der Waals surface area contributed by atoms with Crippen molar-refractivity contribution in [3.63, 3.8) is 0 Å². The molecule has 16 heavy (non-hydrogen) atoms. The Kier molecular flexibility index (Phi) is 2.49. The predicted molar refractivity (Wildman–Crippen MR) is 69.5 cm³/mol. The van der Waals surface area contributed by atoms with Crippen LogP contribution in [0, 0.1) is 0 Å². The minimum atomic E-state index is -0.874. The van der Waals surface area contributed by atoms with E-state index < -0.39 is 5.72 Å². The molecule has 84 valence electrons. The number of nitrogens with zero attached hydrogens (tertiary/aromatic N) is 2. The molecule has 0 amide bonds. The van der Waals surface area contributed by atoms with Crippen LogP contribution >= 0.6 is 27.7 Å². The molecular weight excluding hydrogens is 288 g/mol. The van der Waals surface area contributed by atoms with Gasteiger partial charge >= 0.3 is 0 Å². The first-order chi connectivity index (χ1) is 7.70. The summed E-state index contributed by atoms with van der Waals surface area (Å²) >= 11 is 5.04. The monoisotopic (exact) mass is 298 g/mol. The molecule has 1 aromatic carbocycles. The van der Waals surface area contributed by atoms with Gasteiger partial charge in [0.25, 0.3) is 0 Å². The van der Waals surface area contributed by atoms with E-state index >= 15 is 0 Å². The van der Waals surface area contributed by atoms with Gasteiger partial charge in [-0.3, -0.25) is 4.99 Å². The van der Waals surface area contributed by atoms with Crippen LogP contribution in [-0.2, 0) is 5.72 Å². The Hall–Kier alpha value is -0.520. The van der Waals surface area contributed by atoms with E-state index in [1.54, 1.807) is 11.8 Å². The lowest BCUT2D eigenvalue weighted by Gasteiger charge is -2.31. The van der Waals surface area contributed by atoms with E-state index in [9.17, 15) is 5.11 Å². The molecule has 0 spiro atoms. The van der Waals surface area contributed by atoms with E-state index in [0.717, 1.165) is 28.3 Å². The van der Waals surface area contributed by atoms with Gasteiger partial charge in [-0.2, -0.15) is 0 Å². The molecule has 2 heterocycles. The maximum absolute atomic E-state index is 10.7. The van der Waals surface area contributed by atoms with Gasteiger partial charge < -0.3 is 10.0 Å². The molecule has 2 aliphatic heterocycles. The fourth-order valence-corrected chi connectivity index (χ4v) is 3.59. The van der Waals surface area contributed by atoms with Crippen LogP contribution in [0.3, 0.4) is 0 Å². The number of thioether (sulfide) groups is 1. The first-order valence-electron chi connectivity index (χ1n) is 5.13. The maximum Gasteiger partial charge on any atom is 0.175 e. The van der Waals surface area contributed by atoms with Gasteiger partial charge in [0.05, 0.1) is 12.3 Å². The van der Waals surface area contributed by atoms with Crippen LogP contribution in [0.1, 0.15) is 5.56 Å². The molecule has 1 saturated heterocycles. The normalized spacial score (nSPS) is 28.1. The van der Waals surface area contributed by atoms with Gasteiger partial charge in [-0.1, -0.05) is 39.8 Å². The van der Waals surface area contributed by atoms with Crippen LogP contribution in [0.4, 0.5) is 0 Å². The average molecular weight is 299 g/mol. The summed E-state index contributed by atoms with van der Waals surface area (Å²) in [5, 5.41) is 11.7. The van der Waals surface area contributed by atoms with Crippen molar-refractivity contribution in [3.05, 3.63) is 34.3 Å². The molecular formula is C11H11BrN2OS. The number of benzene rings is 1. The molecule has 3 rings (SSSR count). The van der Waals surface area contributed by atoms with Crippen molar-refractivity contribution in [2.24, 2.45) is 4.99 Å². The third kappa shape index (κ3) is 1.49. The Labute approximate surface area is 107 Å². The molecule has 2 aliphatic rings. The topological polar surface area (TPSA) is 35.8 Å². The van der Waals surface area contributed by atoms with Gasteiger partial charge in [0, 0.05) is 16.6 Å². The summed E-state index contributed by atoms with van der Waals surface area (Å²) in [4.78, 5) is 6.37. The van der Waals surface area contributed by atoms with Crippen molar-refractivity contribution in [1.82, 2.24) is 4.90 Å².